The first kappa shape index (κ1) is 9.56. The minimum absolute atomic E-state index is 0.630. The van der Waals surface area contributed by atoms with Crippen LogP contribution in [-0.2, 0) is 0 Å². The molecule has 0 radical (unpaired) electrons. The number of halogens is 3. The number of nitrogens with zero attached hydrogens (tertiary/aromatic N) is 2. The molecule has 0 aromatic heterocycles. The zero-order chi connectivity index (χ0) is 10.1. The van der Waals surface area contributed by atoms with Crippen molar-refractivity contribution >= 4 is 11.7 Å². The number of nitrogens with two attached hydrogens (primary N) is 1. The van der Waals surface area contributed by atoms with Crippen molar-refractivity contribution in [2.45, 2.75) is 6.18 Å². The van der Waals surface area contributed by atoms with Gasteiger partial charge in [0.1, 0.15) is 5.71 Å². The molecule has 1 aliphatic heterocycles. The number of rotatable bonds is 0. The molecule has 0 aromatic carbocycles. The molecule has 2 amide bonds. The van der Waals surface area contributed by atoms with Crippen molar-refractivity contribution in [2.75, 3.05) is 6.54 Å². The van der Waals surface area contributed by atoms with E-state index in [9.17, 15) is 18.0 Å². The minimum Gasteiger partial charge on any atom is -0.351 e. The number of hydrogen-bond donors (Lipinski definition) is 1. The van der Waals surface area contributed by atoms with E-state index in [2.05, 4.69) is 4.99 Å². The van der Waals surface area contributed by atoms with Gasteiger partial charge in [-0.05, 0) is 0 Å². The predicted molar refractivity (Wildman–Crippen MR) is 38.9 cm³/mol. The first-order chi connectivity index (χ1) is 5.91. The Labute approximate surface area is 71.5 Å². The Morgan fingerprint density at radius 1 is 1.62 bits per heavy atom. The van der Waals surface area contributed by atoms with E-state index >= 15 is 0 Å². The van der Waals surface area contributed by atoms with Crippen LogP contribution in [0.2, 0.25) is 0 Å². The molecular weight excluding hydrogens is 187 g/mol. The summed E-state index contributed by atoms with van der Waals surface area (Å²) in [5, 5.41) is 0. The third kappa shape index (κ3) is 2.20. The second-order valence-electron chi connectivity index (χ2n) is 2.34. The number of amides is 2. The molecule has 0 spiro atoms. The third-order valence-electron chi connectivity index (χ3n) is 1.41. The van der Waals surface area contributed by atoms with E-state index in [4.69, 9.17) is 5.73 Å². The van der Waals surface area contributed by atoms with Crippen LogP contribution in [0.15, 0.2) is 17.4 Å². The first-order valence-corrected chi connectivity index (χ1v) is 3.28. The van der Waals surface area contributed by atoms with Crippen LogP contribution in [0.5, 0.6) is 0 Å². The molecule has 1 heterocycles. The van der Waals surface area contributed by atoms with Crippen LogP contribution in [-0.4, -0.2) is 29.4 Å². The van der Waals surface area contributed by atoms with Gasteiger partial charge in [0, 0.05) is 12.4 Å². The molecule has 0 aliphatic carbocycles. The highest BCUT2D eigenvalue weighted by Crippen LogP contribution is 2.20. The molecule has 1 aliphatic rings. The Bertz CT molecular complexity index is 281. The monoisotopic (exact) mass is 193 g/mol. The number of aliphatic imine (C=N–C) groups is 1. The Morgan fingerprint density at radius 3 is 2.69 bits per heavy atom. The fraction of sp³-hybridized carbons (Fsp3) is 0.333. The molecule has 2 N–H and O–H groups in total. The summed E-state index contributed by atoms with van der Waals surface area (Å²) >= 11 is 0. The van der Waals surface area contributed by atoms with Gasteiger partial charge < -0.3 is 5.73 Å². The van der Waals surface area contributed by atoms with Crippen molar-refractivity contribution in [3.63, 3.8) is 0 Å². The second-order valence-corrected chi connectivity index (χ2v) is 2.34. The molecule has 0 bridgehead atoms. The van der Waals surface area contributed by atoms with Gasteiger partial charge in [0.25, 0.3) is 0 Å². The Morgan fingerprint density at radius 2 is 2.23 bits per heavy atom. The average molecular weight is 193 g/mol. The molecule has 0 fully saturated rings. The third-order valence-corrected chi connectivity index (χ3v) is 1.41. The SMILES string of the molecule is NC(=O)N1C=CN=C(C(F)(F)F)C1. The van der Waals surface area contributed by atoms with Gasteiger partial charge in [-0.3, -0.25) is 9.89 Å². The normalized spacial score (nSPS) is 17.2. The summed E-state index contributed by atoms with van der Waals surface area (Å²) in [5.41, 5.74) is 3.75. The summed E-state index contributed by atoms with van der Waals surface area (Å²) in [7, 11) is 0. The van der Waals surface area contributed by atoms with Gasteiger partial charge in [0.15, 0.2) is 0 Å². The molecule has 72 valence electrons. The van der Waals surface area contributed by atoms with Crippen LogP contribution >= 0.6 is 0 Å². The molecule has 1 rings (SSSR count). The first-order valence-electron chi connectivity index (χ1n) is 3.28. The molecule has 4 nitrogen and oxygen atoms in total. The van der Waals surface area contributed by atoms with Crippen LogP contribution in [0.1, 0.15) is 0 Å². The van der Waals surface area contributed by atoms with Crippen molar-refractivity contribution in [1.82, 2.24) is 4.90 Å². The molecule has 0 saturated carbocycles. The van der Waals surface area contributed by atoms with Crippen LogP contribution in [0.4, 0.5) is 18.0 Å². The van der Waals surface area contributed by atoms with E-state index in [1.165, 1.54) is 0 Å². The van der Waals surface area contributed by atoms with Crippen molar-refractivity contribution in [3.8, 4) is 0 Å². The molecule has 0 aromatic rings. The molecule has 0 atom stereocenters. The van der Waals surface area contributed by atoms with E-state index in [1.54, 1.807) is 0 Å². The van der Waals surface area contributed by atoms with Crippen LogP contribution < -0.4 is 5.73 Å². The summed E-state index contributed by atoms with van der Waals surface area (Å²) in [5.74, 6) is 0. The number of alkyl halides is 3. The standard InChI is InChI=1S/C6H6F3N3O/c7-6(8,9)4-3-12(5(10)13)2-1-11-4/h1-2H,3H2,(H2,10,13). The fourth-order valence-electron chi connectivity index (χ4n) is 0.773. The quantitative estimate of drug-likeness (QED) is 0.609. The summed E-state index contributed by atoms with van der Waals surface area (Å²) in [4.78, 5) is 14.3. The van der Waals surface area contributed by atoms with E-state index in [-0.39, 0.29) is 0 Å². The zero-order valence-corrected chi connectivity index (χ0v) is 6.38. The lowest BCUT2D eigenvalue weighted by Crippen LogP contribution is -2.41. The Hall–Kier alpha value is -1.53. The van der Waals surface area contributed by atoms with Crippen molar-refractivity contribution < 1.29 is 18.0 Å². The van der Waals surface area contributed by atoms with Gasteiger partial charge in [-0.15, -0.1) is 0 Å². The Kier molecular flexibility index (Phi) is 2.26. The second kappa shape index (κ2) is 3.08. The lowest BCUT2D eigenvalue weighted by Gasteiger charge is -2.20. The highest BCUT2D eigenvalue weighted by atomic mass is 19.4. The number of primary amides is 1. The van der Waals surface area contributed by atoms with E-state index < -0.39 is 24.5 Å². The molecule has 13 heavy (non-hydrogen) atoms. The van der Waals surface area contributed by atoms with Gasteiger partial charge in [0.2, 0.25) is 0 Å². The van der Waals surface area contributed by atoms with Crippen molar-refractivity contribution in [2.24, 2.45) is 10.7 Å². The maximum absolute atomic E-state index is 12.0. The zero-order valence-electron chi connectivity index (χ0n) is 6.38. The van der Waals surface area contributed by atoms with E-state index in [0.717, 1.165) is 17.3 Å². The fourth-order valence-corrected chi connectivity index (χ4v) is 0.773. The predicted octanol–water partition coefficient (Wildman–Crippen LogP) is 0.855. The van der Waals surface area contributed by atoms with Gasteiger partial charge in [-0.1, -0.05) is 0 Å². The minimum atomic E-state index is -4.52. The maximum atomic E-state index is 12.0. The van der Waals surface area contributed by atoms with Gasteiger partial charge in [-0.25, -0.2) is 4.79 Å². The van der Waals surface area contributed by atoms with Gasteiger partial charge >= 0.3 is 12.2 Å². The maximum Gasteiger partial charge on any atom is 0.431 e. The summed E-state index contributed by atoms with van der Waals surface area (Å²) in [6.45, 7) is -0.630. The molecule has 0 saturated heterocycles. The van der Waals surface area contributed by atoms with Crippen molar-refractivity contribution in [1.29, 1.82) is 0 Å². The lowest BCUT2D eigenvalue weighted by atomic mass is 10.3. The smallest absolute Gasteiger partial charge is 0.351 e. The number of urea groups is 1. The number of carbonyl (C=O) groups excluding carboxylic acids is 1. The number of carbonyl (C=O) groups is 1. The van der Waals surface area contributed by atoms with Crippen LogP contribution in [0, 0.1) is 0 Å². The summed E-state index contributed by atoms with van der Waals surface area (Å²) < 4.78 is 36.1. The summed E-state index contributed by atoms with van der Waals surface area (Å²) in [6.07, 6.45) is -2.53. The van der Waals surface area contributed by atoms with Gasteiger partial charge in [0.05, 0.1) is 6.54 Å². The largest absolute Gasteiger partial charge is 0.431 e. The topological polar surface area (TPSA) is 58.7 Å². The van der Waals surface area contributed by atoms with Crippen molar-refractivity contribution in [3.05, 3.63) is 12.4 Å². The van der Waals surface area contributed by atoms with E-state index in [0.29, 0.717) is 0 Å². The van der Waals surface area contributed by atoms with Gasteiger partial charge in [-0.2, -0.15) is 13.2 Å². The number of hydrogen-bond acceptors (Lipinski definition) is 2. The van der Waals surface area contributed by atoms with E-state index in [1.807, 2.05) is 0 Å². The molecule has 0 unspecified atom stereocenters. The van der Waals surface area contributed by atoms with Crippen LogP contribution in [0.3, 0.4) is 0 Å². The average Bonchev–Trinajstić information content (AvgIpc) is 2.03. The molecule has 7 heteroatoms. The molecular formula is C6H6F3N3O. The highest BCUT2D eigenvalue weighted by Gasteiger charge is 2.37. The summed E-state index contributed by atoms with van der Waals surface area (Å²) in [6, 6.07) is -0.937. The highest BCUT2D eigenvalue weighted by molar-refractivity contribution is 5.95. The van der Waals surface area contributed by atoms with Crippen LogP contribution in [0.25, 0.3) is 0 Å². The lowest BCUT2D eigenvalue weighted by molar-refractivity contribution is -0.0608. The Balaban J connectivity index is 2.78.